The van der Waals surface area contributed by atoms with E-state index in [4.69, 9.17) is 5.73 Å². The number of hydrogen-bond donors (Lipinski definition) is 1. The molecule has 0 amide bonds. The van der Waals surface area contributed by atoms with E-state index in [0.29, 0.717) is 18.6 Å². The van der Waals surface area contributed by atoms with Gasteiger partial charge in [-0.05, 0) is 26.3 Å². The van der Waals surface area contributed by atoms with Crippen LogP contribution in [0.2, 0.25) is 0 Å². The molecule has 20 heavy (non-hydrogen) atoms. The van der Waals surface area contributed by atoms with Gasteiger partial charge in [0.05, 0.1) is 12.2 Å². The summed E-state index contributed by atoms with van der Waals surface area (Å²) in [5.74, 6) is 0. The maximum absolute atomic E-state index is 6.06. The van der Waals surface area contributed by atoms with Gasteiger partial charge >= 0.3 is 0 Å². The summed E-state index contributed by atoms with van der Waals surface area (Å²) in [6.45, 7) is 3.84. The fourth-order valence-corrected chi connectivity index (χ4v) is 3.36. The number of aryl methyl sites for hydroxylation is 1. The molecule has 1 atom stereocenters. The fourth-order valence-electron chi connectivity index (χ4n) is 3.36. The van der Waals surface area contributed by atoms with Crippen LogP contribution in [0.5, 0.6) is 0 Å². The summed E-state index contributed by atoms with van der Waals surface area (Å²) in [5.41, 5.74) is 7.33. The van der Waals surface area contributed by atoms with Gasteiger partial charge in [-0.15, -0.1) is 0 Å². The van der Waals surface area contributed by atoms with Crippen molar-refractivity contribution in [2.24, 2.45) is 5.73 Å². The van der Waals surface area contributed by atoms with Crippen LogP contribution in [0.3, 0.4) is 0 Å². The zero-order chi connectivity index (χ0) is 14.4. The number of nitrogens with zero attached hydrogens (tertiary/aromatic N) is 3. The van der Waals surface area contributed by atoms with Crippen molar-refractivity contribution in [3.63, 3.8) is 0 Å². The number of likely N-dealkylation sites (N-methyl/N-ethyl adjacent to an activating group) is 1. The molecule has 0 spiro atoms. The van der Waals surface area contributed by atoms with E-state index in [1.807, 2.05) is 10.9 Å². The predicted molar refractivity (Wildman–Crippen MR) is 83.6 cm³/mol. The van der Waals surface area contributed by atoms with Crippen molar-refractivity contribution in [3.8, 4) is 0 Å². The second kappa shape index (κ2) is 7.79. The summed E-state index contributed by atoms with van der Waals surface area (Å²) in [5, 5.41) is 4.46. The molecule has 114 valence electrons. The van der Waals surface area contributed by atoms with Crippen LogP contribution in [0, 0.1) is 0 Å². The Morgan fingerprint density at radius 3 is 2.65 bits per heavy atom. The number of hydrogen-bond acceptors (Lipinski definition) is 3. The van der Waals surface area contributed by atoms with E-state index in [-0.39, 0.29) is 0 Å². The molecule has 2 N–H and O–H groups in total. The lowest BCUT2D eigenvalue weighted by Gasteiger charge is -2.33. The molecule has 0 radical (unpaired) electrons. The summed E-state index contributed by atoms with van der Waals surface area (Å²) in [7, 11) is 2.24. The SMILES string of the molecule is CCCn1cc(C(CN)N(C)C2CCCCCC2)cn1. The van der Waals surface area contributed by atoms with Crippen LogP contribution in [-0.4, -0.2) is 34.3 Å². The van der Waals surface area contributed by atoms with Gasteiger partial charge in [0.1, 0.15) is 0 Å². The van der Waals surface area contributed by atoms with Crippen molar-refractivity contribution in [2.75, 3.05) is 13.6 Å². The van der Waals surface area contributed by atoms with Gasteiger partial charge in [-0.3, -0.25) is 9.58 Å². The Hall–Kier alpha value is -0.870. The van der Waals surface area contributed by atoms with Gasteiger partial charge in [-0.25, -0.2) is 0 Å². The molecular formula is C16H30N4. The second-order valence-electron chi connectivity index (χ2n) is 6.10. The highest BCUT2D eigenvalue weighted by molar-refractivity contribution is 5.11. The fraction of sp³-hybridized carbons (Fsp3) is 0.812. The first kappa shape index (κ1) is 15.5. The molecule has 0 saturated heterocycles. The third kappa shape index (κ3) is 3.83. The summed E-state index contributed by atoms with van der Waals surface area (Å²) < 4.78 is 2.04. The van der Waals surface area contributed by atoms with E-state index in [0.717, 1.165) is 13.0 Å². The normalized spacial score (nSPS) is 19.2. The van der Waals surface area contributed by atoms with Crippen LogP contribution >= 0.6 is 0 Å². The molecule has 0 bridgehead atoms. The topological polar surface area (TPSA) is 47.1 Å². The average Bonchev–Trinajstić information content (AvgIpc) is 2.75. The zero-order valence-corrected chi connectivity index (χ0v) is 13.1. The minimum Gasteiger partial charge on any atom is -0.329 e. The van der Waals surface area contributed by atoms with Crippen molar-refractivity contribution in [1.29, 1.82) is 0 Å². The molecule has 1 saturated carbocycles. The summed E-state index contributed by atoms with van der Waals surface area (Å²) in [4.78, 5) is 2.50. The molecule has 1 aromatic rings. The number of aromatic nitrogens is 2. The highest BCUT2D eigenvalue weighted by atomic mass is 15.3. The summed E-state index contributed by atoms with van der Waals surface area (Å²) in [6.07, 6.45) is 13.4. The van der Waals surface area contributed by atoms with Gasteiger partial charge in [0, 0.05) is 30.9 Å². The van der Waals surface area contributed by atoms with Crippen molar-refractivity contribution in [3.05, 3.63) is 18.0 Å². The Balaban J connectivity index is 2.04. The van der Waals surface area contributed by atoms with Crippen LogP contribution in [-0.2, 0) is 6.54 Å². The lowest BCUT2D eigenvalue weighted by Crippen LogP contribution is -2.38. The molecular weight excluding hydrogens is 248 g/mol. The molecule has 4 nitrogen and oxygen atoms in total. The van der Waals surface area contributed by atoms with E-state index >= 15 is 0 Å². The molecule has 1 aliphatic carbocycles. The maximum Gasteiger partial charge on any atom is 0.0538 e. The number of nitrogens with two attached hydrogens (primary N) is 1. The molecule has 1 fully saturated rings. The Morgan fingerprint density at radius 1 is 1.35 bits per heavy atom. The molecule has 0 aromatic carbocycles. The lowest BCUT2D eigenvalue weighted by molar-refractivity contribution is 0.161. The van der Waals surface area contributed by atoms with E-state index in [1.165, 1.54) is 44.1 Å². The molecule has 0 aliphatic heterocycles. The second-order valence-corrected chi connectivity index (χ2v) is 6.10. The molecule has 1 aliphatic rings. The summed E-state index contributed by atoms with van der Waals surface area (Å²) >= 11 is 0. The van der Waals surface area contributed by atoms with Gasteiger partial charge in [-0.1, -0.05) is 32.6 Å². The van der Waals surface area contributed by atoms with Crippen LogP contribution in [0.15, 0.2) is 12.4 Å². The Bertz CT molecular complexity index is 380. The van der Waals surface area contributed by atoms with E-state index in [2.05, 4.69) is 30.2 Å². The minimum atomic E-state index is 0.309. The first-order chi connectivity index (χ1) is 9.76. The van der Waals surface area contributed by atoms with E-state index in [9.17, 15) is 0 Å². The number of rotatable bonds is 6. The van der Waals surface area contributed by atoms with Crippen LogP contribution in [0.4, 0.5) is 0 Å². The smallest absolute Gasteiger partial charge is 0.0538 e. The van der Waals surface area contributed by atoms with Gasteiger partial charge < -0.3 is 5.73 Å². The monoisotopic (exact) mass is 278 g/mol. The van der Waals surface area contributed by atoms with Gasteiger partial charge in [-0.2, -0.15) is 5.10 Å². The minimum absolute atomic E-state index is 0.309. The lowest BCUT2D eigenvalue weighted by atomic mass is 10.0. The van der Waals surface area contributed by atoms with E-state index < -0.39 is 0 Å². The van der Waals surface area contributed by atoms with Crippen molar-refractivity contribution in [1.82, 2.24) is 14.7 Å². The van der Waals surface area contributed by atoms with Crippen LogP contribution < -0.4 is 5.73 Å². The third-order valence-electron chi connectivity index (χ3n) is 4.61. The molecule has 4 heteroatoms. The quantitative estimate of drug-likeness (QED) is 0.814. The molecule has 1 heterocycles. The zero-order valence-electron chi connectivity index (χ0n) is 13.1. The maximum atomic E-state index is 6.06. The van der Waals surface area contributed by atoms with Crippen molar-refractivity contribution >= 4 is 0 Å². The molecule has 2 rings (SSSR count). The van der Waals surface area contributed by atoms with Crippen LogP contribution in [0.25, 0.3) is 0 Å². The highest BCUT2D eigenvalue weighted by Crippen LogP contribution is 2.27. The van der Waals surface area contributed by atoms with Crippen molar-refractivity contribution < 1.29 is 0 Å². The Kier molecular flexibility index (Phi) is 6.05. The van der Waals surface area contributed by atoms with E-state index in [1.54, 1.807) is 0 Å². The van der Waals surface area contributed by atoms with Gasteiger partial charge in [0.15, 0.2) is 0 Å². The first-order valence-corrected chi connectivity index (χ1v) is 8.20. The first-order valence-electron chi connectivity index (χ1n) is 8.20. The average molecular weight is 278 g/mol. The largest absolute Gasteiger partial charge is 0.329 e. The van der Waals surface area contributed by atoms with Gasteiger partial charge in [0.25, 0.3) is 0 Å². The van der Waals surface area contributed by atoms with Gasteiger partial charge in [0.2, 0.25) is 0 Å². The Morgan fingerprint density at radius 2 is 2.05 bits per heavy atom. The highest BCUT2D eigenvalue weighted by Gasteiger charge is 2.24. The summed E-state index contributed by atoms with van der Waals surface area (Å²) in [6, 6.07) is 0.990. The predicted octanol–water partition coefficient (Wildman–Crippen LogP) is 2.95. The molecule has 1 aromatic heterocycles. The molecule has 1 unspecified atom stereocenters. The standard InChI is InChI=1S/C16H30N4/c1-3-10-20-13-14(12-18-20)16(11-17)19(2)15-8-6-4-5-7-9-15/h12-13,15-16H,3-11,17H2,1-2H3. The van der Waals surface area contributed by atoms with Crippen LogP contribution in [0.1, 0.15) is 63.5 Å². The Labute approximate surface area is 123 Å². The van der Waals surface area contributed by atoms with Crippen molar-refractivity contribution in [2.45, 2.75) is 70.5 Å². The third-order valence-corrected chi connectivity index (χ3v) is 4.61.